The number of carbonyl (C=O) groups excluding carboxylic acids is 2. The zero-order chi connectivity index (χ0) is 34.0. The lowest BCUT2D eigenvalue weighted by atomic mass is 10.1. The van der Waals surface area contributed by atoms with Crippen LogP contribution in [0.4, 0.5) is 0 Å². The van der Waals surface area contributed by atoms with Crippen molar-refractivity contribution in [3.05, 3.63) is 44.3 Å². The van der Waals surface area contributed by atoms with E-state index < -0.39 is 0 Å². The standard InChI is InChI=1S/2C16H24BrN3O3.H2O/c2*1-5-19-9-11(10-20(19)6-2)18-16(21)12-7-13(17)15(23-4)8-14(12)22-3;/h2*7-8,11H,5-6,9-10H2,1-4H3,(H,18,21);1H2. The average Bonchev–Trinajstić information content (AvgIpc) is 3.67. The van der Waals surface area contributed by atoms with Gasteiger partial charge in [-0.05, 0) is 44.0 Å². The lowest BCUT2D eigenvalue weighted by Crippen LogP contribution is -2.38. The van der Waals surface area contributed by atoms with Crippen molar-refractivity contribution >= 4 is 43.7 Å². The van der Waals surface area contributed by atoms with Crippen LogP contribution in [0.25, 0.3) is 0 Å². The molecule has 2 aromatic rings. The summed E-state index contributed by atoms with van der Waals surface area (Å²) in [5.41, 5.74) is 0.997. The van der Waals surface area contributed by atoms with Gasteiger partial charge >= 0.3 is 0 Å². The lowest BCUT2D eigenvalue weighted by molar-refractivity contribution is 0.0388. The second-order valence-corrected chi connectivity index (χ2v) is 12.4. The quantitative estimate of drug-likeness (QED) is 0.329. The SMILES string of the molecule is CCN1CC(NC(=O)c2cc(Br)c(OC)cc2OC)CN1CC.CCN1CC(NC(=O)c2cc(Br)c(OC)cc2OC)CN1CC.O. The van der Waals surface area contributed by atoms with E-state index in [1.165, 1.54) is 0 Å². The first-order valence-corrected chi connectivity index (χ1v) is 17.1. The summed E-state index contributed by atoms with van der Waals surface area (Å²) in [5.74, 6) is 2.00. The number of hydrogen-bond donors (Lipinski definition) is 2. The molecule has 2 fully saturated rings. The normalized spacial score (nSPS) is 16.2. The third kappa shape index (κ3) is 10.2. The number of nitrogens with one attached hydrogen (secondary N) is 2. The minimum atomic E-state index is -0.135. The summed E-state index contributed by atoms with van der Waals surface area (Å²) < 4.78 is 22.6. The highest BCUT2D eigenvalue weighted by molar-refractivity contribution is 9.11. The Hall–Kier alpha value is -2.66. The molecule has 4 rings (SSSR count). The Morgan fingerprint density at radius 2 is 0.872 bits per heavy atom. The molecule has 264 valence electrons. The second kappa shape index (κ2) is 19.4. The number of amides is 2. The Labute approximate surface area is 295 Å². The van der Waals surface area contributed by atoms with E-state index in [0.29, 0.717) is 34.1 Å². The van der Waals surface area contributed by atoms with E-state index in [4.69, 9.17) is 18.9 Å². The van der Waals surface area contributed by atoms with Crippen molar-refractivity contribution in [1.82, 2.24) is 30.7 Å². The highest BCUT2D eigenvalue weighted by Gasteiger charge is 2.31. The molecule has 2 aromatic carbocycles. The Morgan fingerprint density at radius 3 is 1.11 bits per heavy atom. The molecule has 2 aliphatic rings. The topological polar surface area (TPSA) is 140 Å². The van der Waals surface area contributed by atoms with Gasteiger partial charge in [0, 0.05) is 64.5 Å². The van der Waals surface area contributed by atoms with Gasteiger partial charge in [0.25, 0.3) is 11.8 Å². The minimum absolute atomic E-state index is 0. The molecule has 13 nitrogen and oxygen atoms in total. The van der Waals surface area contributed by atoms with E-state index in [9.17, 15) is 9.59 Å². The van der Waals surface area contributed by atoms with Gasteiger partial charge in [0.2, 0.25) is 0 Å². The Balaban J connectivity index is 0.000000320. The summed E-state index contributed by atoms with van der Waals surface area (Å²) in [6, 6.07) is 7.10. The van der Waals surface area contributed by atoms with Crippen molar-refractivity contribution < 1.29 is 34.0 Å². The molecule has 0 saturated carbocycles. The fourth-order valence-corrected chi connectivity index (χ4v) is 6.71. The number of hydrogen-bond acceptors (Lipinski definition) is 10. The summed E-state index contributed by atoms with van der Waals surface area (Å²) in [6.45, 7) is 15.6. The number of methoxy groups -OCH3 is 4. The van der Waals surface area contributed by atoms with Gasteiger partial charge in [0.15, 0.2) is 0 Å². The number of carbonyl (C=O) groups is 2. The van der Waals surface area contributed by atoms with Crippen LogP contribution in [0.3, 0.4) is 0 Å². The summed E-state index contributed by atoms with van der Waals surface area (Å²) in [4.78, 5) is 25.3. The fraction of sp³-hybridized carbons (Fsp3) is 0.562. The molecule has 0 aromatic heterocycles. The van der Waals surface area contributed by atoms with Crippen molar-refractivity contribution in [2.75, 3.05) is 80.8 Å². The Kier molecular flexibility index (Phi) is 16.7. The first kappa shape index (κ1) is 40.5. The smallest absolute Gasteiger partial charge is 0.255 e. The summed E-state index contributed by atoms with van der Waals surface area (Å²) in [6.07, 6.45) is 0. The minimum Gasteiger partial charge on any atom is -0.496 e. The van der Waals surface area contributed by atoms with Crippen molar-refractivity contribution in [2.45, 2.75) is 39.8 Å². The first-order chi connectivity index (χ1) is 22.1. The number of rotatable bonds is 12. The van der Waals surface area contributed by atoms with Crippen LogP contribution < -0.4 is 29.6 Å². The zero-order valence-electron chi connectivity index (χ0n) is 28.6. The van der Waals surface area contributed by atoms with Crippen LogP contribution >= 0.6 is 31.9 Å². The average molecular weight is 791 g/mol. The fourth-order valence-electron chi connectivity index (χ4n) is 5.70. The number of nitrogens with zero attached hydrogens (tertiary/aromatic N) is 4. The number of hydrazine groups is 2. The van der Waals surface area contributed by atoms with Crippen LogP contribution in [0.15, 0.2) is 33.2 Å². The van der Waals surface area contributed by atoms with Crippen LogP contribution in [-0.2, 0) is 0 Å². The largest absolute Gasteiger partial charge is 0.496 e. The Bertz CT molecular complexity index is 1210. The molecule has 0 radical (unpaired) electrons. The number of likely N-dealkylation sites (N-methyl/N-ethyl adjacent to an activating group) is 4. The maximum Gasteiger partial charge on any atom is 0.255 e. The van der Waals surface area contributed by atoms with E-state index >= 15 is 0 Å². The second-order valence-electron chi connectivity index (χ2n) is 10.7. The molecule has 2 heterocycles. The van der Waals surface area contributed by atoms with Crippen molar-refractivity contribution in [1.29, 1.82) is 0 Å². The molecule has 47 heavy (non-hydrogen) atoms. The van der Waals surface area contributed by atoms with Gasteiger partial charge in [-0.1, -0.05) is 27.7 Å². The zero-order valence-corrected chi connectivity index (χ0v) is 31.8. The molecule has 2 saturated heterocycles. The van der Waals surface area contributed by atoms with Crippen LogP contribution in [0.1, 0.15) is 48.4 Å². The highest BCUT2D eigenvalue weighted by atomic mass is 79.9. The maximum absolute atomic E-state index is 12.6. The van der Waals surface area contributed by atoms with Gasteiger partial charge in [-0.3, -0.25) is 9.59 Å². The number of benzene rings is 2. The molecule has 0 aliphatic carbocycles. The van der Waals surface area contributed by atoms with E-state index in [1.807, 2.05) is 0 Å². The van der Waals surface area contributed by atoms with Gasteiger partial charge in [0.05, 0.1) is 60.6 Å². The van der Waals surface area contributed by atoms with Crippen LogP contribution in [-0.4, -0.2) is 130 Å². The van der Waals surface area contributed by atoms with E-state index in [0.717, 1.165) is 61.3 Å². The molecule has 0 atom stereocenters. The van der Waals surface area contributed by atoms with E-state index in [1.54, 1.807) is 52.7 Å². The summed E-state index contributed by atoms with van der Waals surface area (Å²) in [7, 11) is 6.26. The van der Waals surface area contributed by atoms with Crippen LogP contribution in [0.2, 0.25) is 0 Å². The van der Waals surface area contributed by atoms with E-state index in [2.05, 4.69) is 90.2 Å². The van der Waals surface area contributed by atoms with Crippen molar-refractivity contribution in [3.8, 4) is 23.0 Å². The predicted molar refractivity (Wildman–Crippen MR) is 190 cm³/mol. The summed E-state index contributed by atoms with van der Waals surface area (Å²) in [5, 5.41) is 15.2. The molecule has 2 amide bonds. The molecular weight excluding hydrogens is 740 g/mol. The van der Waals surface area contributed by atoms with Gasteiger partial charge in [-0.15, -0.1) is 0 Å². The van der Waals surface area contributed by atoms with E-state index in [-0.39, 0.29) is 29.4 Å². The van der Waals surface area contributed by atoms with Gasteiger partial charge < -0.3 is 35.1 Å². The molecule has 0 spiro atoms. The molecule has 15 heteroatoms. The molecule has 2 aliphatic heterocycles. The maximum atomic E-state index is 12.6. The molecule has 0 bridgehead atoms. The molecule has 0 unspecified atom stereocenters. The summed E-state index contributed by atoms with van der Waals surface area (Å²) >= 11 is 6.83. The predicted octanol–water partition coefficient (Wildman–Crippen LogP) is 3.45. The van der Waals surface area contributed by atoms with Gasteiger partial charge in [-0.2, -0.15) is 0 Å². The van der Waals surface area contributed by atoms with Gasteiger partial charge in [0.1, 0.15) is 23.0 Å². The first-order valence-electron chi connectivity index (χ1n) is 15.5. The molecular formula is C32H50Br2N6O7. The molecule has 4 N–H and O–H groups in total. The number of halogens is 2. The van der Waals surface area contributed by atoms with Crippen LogP contribution in [0, 0.1) is 0 Å². The van der Waals surface area contributed by atoms with Crippen molar-refractivity contribution in [3.63, 3.8) is 0 Å². The lowest BCUT2D eigenvalue weighted by Gasteiger charge is -2.24. The third-order valence-electron chi connectivity index (χ3n) is 8.09. The van der Waals surface area contributed by atoms with Crippen molar-refractivity contribution in [2.24, 2.45) is 0 Å². The number of ether oxygens (including phenoxy) is 4. The van der Waals surface area contributed by atoms with Gasteiger partial charge in [-0.25, -0.2) is 20.0 Å². The Morgan fingerprint density at radius 1 is 0.596 bits per heavy atom. The highest BCUT2D eigenvalue weighted by Crippen LogP contribution is 2.34. The van der Waals surface area contributed by atoms with Crippen LogP contribution in [0.5, 0.6) is 23.0 Å². The monoisotopic (exact) mass is 788 g/mol. The third-order valence-corrected chi connectivity index (χ3v) is 9.33.